The van der Waals surface area contributed by atoms with Crippen LogP contribution in [0.5, 0.6) is 0 Å². The Morgan fingerprint density at radius 1 is 1.07 bits per heavy atom. The average molecular weight is 450 g/mol. The Kier molecular flexibility index (Phi) is 6.80. The summed E-state index contributed by atoms with van der Waals surface area (Å²) in [5.41, 5.74) is 6.63. The van der Waals surface area contributed by atoms with Gasteiger partial charge in [-0.15, -0.1) is 0 Å². The van der Waals surface area contributed by atoms with Crippen molar-refractivity contribution in [3.63, 3.8) is 0 Å². The summed E-state index contributed by atoms with van der Waals surface area (Å²) in [5.74, 6) is -0.592. The maximum Gasteiger partial charge on any atom is 0.253 e. The molecule has 1 aliphatic heterocycles. The molecule has 1 aliphatic rings. The summed E-state index contributed by atoms with van der Waals surface area (Å²) in [7, 11) is -2.14. The SMILES string of the molecule is CN(Cc1ccc(C(=O)N2CCC(C(N)=O)CC2)cc1)S(=O)(=O)c1ccc(Cl)cc1. The Balaban J connectivity index is 1.63. The van der Waals surface area contributed by atoms with Crippen LogP contribution in [0.2, 0.25) is 5.02 Å². The number of likely N-dealkylation sites (tertiary alicyclic amines) is 1. The molecule has 1 heterocycles. The number of carbonyl (C=O) groups is 2. The molecule has 2 aromatic carbocycles. The molecule has 7 nitrogen and oxygen atoms in total. The second-order valence-corrected chi connectivity index (χ2v) is 9.86. The van der Waals surface area contributed by atoms with Crippen LogP contribution in [0.25, 0.3) is 0 Å². The highest BCUT2D eigenvalue weighted by atomic mass is 35.5. The number of nitrogens with two attached hydrogens (primary N) is 1. The van der Waals surface area contributed by atoms with Crippen molar-refractivity contribution >= 4 is 33.4 Å². The van der Waals surface area contributed by atoms with Crippen LogP contribution in [0.1, 0.15) is 28.8 Å². The highest BCUT2D eigenvalue weighted by Crippen LogP contribution is 2.21. The van der Waals surface area contributed by atoms with Gasteiger partial charge in [0.1, 0.15) is 0 Å². The molecule has 0 unspecified atom stereocenters. The van der Waals surface area contributed by atoms with Gasteiger partial charge in [-0.05, 0) is 54.8 Å². The van der Waals surface area contributed by atoms with E-state index < -0.39 is 10.0 Å². The molecule has 30 heavy (non-hydrogen) atoms. The van der Waals surface area contributed by atoms with Gasteiger partial charge in [0.15, 0.2) is 0 Å². The maximum atomic E-state index is 12.7. The third-order valence-corrected chi connectivity index (χ3v) is 7.38. The summed E-state index contributed by atoms with van der Waals surface area (Å²) in [4.78, 5) is 25.8. The number of nitrogens with zero attached hydrogens (tertiary/aromatic N) is 2. The van der Waals surface area contributed by atoms with E-state index in [1.165, 1.54) is 35.6 Å². The van der Waals surface area contributed by atoms with Crippen LogP contribution >= 0.6 is 11.6 Å². The van der Waals surface area contributed by atoms with Crippen molar-refractivity contribution in [2.24, 2.45) is 11.7 Å². The van der Waals surface area contributed by atoms with Gasteiger partial charge in [-0.1, -0.05) is 23.7 Å². The Bertz CT molecular complexity index is 1020. The lowest BCUT2D eigenvalue weighted by atomic mass is 9.96. The van der Waals surface area contributed by atoms with Crippen molar-refractivity contribution < 1.29 is 18.0 Å². The molecular weight excluding hydrogens is 426 g/mol. The largest absolute Gasteiger partial charge is 0.369 e. The first-order valence-corrected chi connectivity index (χ1v) is 11.4. The second-order valence-electron chi connectivity index (χ2n) is 7.38. The van der Waals surface area contributed by atoms with E-state index >= 15 is 0 Å². The smallest absolute Gasteiger partial charge is 0.253 e. The highest BCUT2D eigenvalue weighted by molar-refractivity contribution is 7.89. The van der Waals surface area contributed by atoms with Gasteiger partial charge in [0.2, 0.25) is 15.9 Å². The number of rotatable bonds is 6. The third-order valence-electron chi connectivity index (χ3n) is 5.31. The fourth-order valence-electron chi connectivity index (χ4n) is 3.43. The summed E-state index contributed by atoms with van der Waals surface area (Å²) in [6.07, 6.45) is 1.15. The van der Waals surface area contributed by atoms with E-state index in [4.69, 9.17) is 17.3 Å². The number of piperidine rings is 1. The van der Waals surface area contributed by atoms with E-state index in [0.29, 0.717) is 36.5 Å². The predicted octanol–water partition coefficient (Wildman–Crippen LogP) is 2.50. The first kappa shape index (κ1) is 22.3. The van der Waals surface area contributed by atoms with Crippen molar-refractivity contribution in [1.82, 2.24) is 9.21 Å². The summed E-state index contributed by atoms with van der Waals surface area (Å²) in [6.45, 7) is 1.16. The molecule has 0 aromatic heterocycles. The summed E-state index contributed by atoms with van der Waals surface area (Å²) < 4.78 is 26.6. The number of carbonyl (C=O) groups excluding carboxylic acids is 2. The summed E-state index contributed by atoms with van der Waals surface area (Å²) in [6, 6.07) is 12.9. The van der Waals surface area contributed by atoms with Gasteiger partial charge in [0, 0.05) is 43.2 Å². The van der Waals surface area contributed by atoms with Crippen molar-refractivity contribution in [1.29, 1.82) is 0 Å². The van der Waals surface area contributed by atoms with Crippen LogP contribution in [0.15, 0.2) is 53.4 Å². The summed E-state index contributed by atoms with van der Waals surface area (Å²) in [5, 5.41) is 0.468. The Morgan fingerprint density at radius 3 is 2.17 bits per heavy atom. The van der Waals surface area contributed by atoms with Crippen LogP contribution < -0.4 is 5.73 Å². The normalized spacial score (nSPS) is 15.4. The third kappa shape index (κ3) is 5.00. The minimum absolute atomic E-state index is 0.105. The van der Waals surface area contributed by atoms with E-state index in [0.717, 1.165) is 5.56 Å². The van der Waals surface area contributed by atoms with E-state index in [1.54, 1.807) is 29.2 Å². The molecule has 1 fully saturated rings. The average Bonchev–Trinajstić information content (AvgIpc) is 2.74. The van der Waals surface area contributed by atoms with Gasteiger partial charge in [-0.2, -0.15) is 4.31 Å². The Labute approximate surface area is 181 Å². The minimum atomic E-state index is -3.65. The monoisotopic (exact) mass is 449 g/mol. The molecular formula is C21H24ClN3O4S. The van der Waals surface area contributed by atoms with E-state index in [2.05, 4.69) is 0 Å². The molecule has 2 N–H and O–H groups in total. The minimum Gasteiger partial charge on any atom is -0.369 e. The Morgan fingerprint density at radius 2 is 1.63 bits per heavy atom. The van der Waals surface area contributed by atoms with E-state index in [-0.39, 0.29) is 29.2 Å². The lowest BCUT2D eigenvalue weighted by Gasteiger charge is -2.30. The lowest BCUT2D eigenvalue weighted by molar-refractivity contribution is -0.123. The first-order valence-electron chi connectivity index (χ1n) is 9.58. The van der Waals surface area contributed by atoms with Crippen molar-refractivity contribution in [2.45, 2.75) is 24.3 Å². The fourth-order valence-corrected chi connectivity index (χ4v) is 4.72. The zero-order chi connectivity index (χ0) is 21.9. The Hall–Kier alpha value is -2.42. The molecule has 2 aromatic rings. The van der Waals surface area contributed by atoms with Gasteiger partial charge < -0.3 is 10.6 Å². The molecule has 1 saturated heterocycles. The number of benzene rings is 2. The maximum absolute atomic E-state index is 12.7. The standard InChI is InChI=1S/C21H24ClN3O4S/c1-24(30(28,29)19-8-6-18(22)7-9-19)14-15-2-4-17(5-3-15)21(27)25-12-10-16(11-13-25)20(23)26/h2-9,16H,10-14H2,1H3,(H2,23,26). The molecule has 9 heteroatoms. The number of hydrogen-bond acceptors (Lipinski definition) is 4. The quantitative estimate of drug-likeness (QED) is 0.732. The summed E-state index contributed by atoms with van der Waals surface area (Å²) >= 11 is 5.83. The number of primary amides is 1. The van der Waals surface area contributed by atoms with Gasteiger partial charge in [-0.3, -0.25) is 9.59 Å². The molecule has 2 amide bonds. The van der Waals surface area contributed by atoms with Gasteiger partial charge in [-0.25, -0.2) is 8.42 Å². The second kappa shape index (κ2) is 9.16. The number of hydrogen-bond donors (Lipinski definition) is 1. The van der Waals surface area contributed by atoms with Crippen molar-refractivity contribution in [3.05, 3.63) is 64.7 Å². The van der Waals surface area contributed by atoms with Crippen LogP contribution in [0.3, 0.4) is 0 Å². The molecule has 0 spiro atoms. The first-order chi connectivity index (χ1) is 14.2. The van der Waals surface area contributed by atoms with Gasteiger partial charge >= 0.3 is 0 Å². The molecule has 3 rings (SSSR count). The van der Waals surface area contributed by atoms with Gasteiger partial charge in [0.05, 0.1) is 4.90 Å². The van der Waals surface area contributed by atoms with Crippen molar-refractivity contribution in [3.8, 4) is 0 Å². The molecule has 0 bridgehead atoms. The van der Waals surface area contributed by atoms with Gasteiger partial charge in [0.25, 0.3) is 5.91 Å². The molecule has 0 atom stereocenters. The van der Waals surface area contributed by atoms with E-state index in [1.807, 2.05) is 0 Å². The van der Waals surface area contributed by atoms with Crippen LogP contribution in [-0.2, 0) is 21.4 Å². The number of halogens is 1. The highest BCUT2D eigenvalue weighted by Gasteiger charge is 2.26. The molecule has 0 saturated carbocycles. The molecule has 160 valence electrons. The zero-order valence-electron chi connectivity index (χ0n) is 16.6. The molecule has 0 aliphatic carbocycles. The van der Waals surface area contributed by atoms with Crippen LogP contribution in [-0.4, -0.2) is 49.6 Å². The molecule has 0 radical (unpaired) electrons. The lowest BCUT2D eigenvalue weighted by Crippen LogP contribution is -2.41. The topological polar surface area (TPSA) is 101 Å². The predicted molar refractivity (Wildman–Crippen MR) is 114 cm³/mol. The van der Waals surface area contributed by atoms with Crippen molar-refractivity contribution in [2.75, 3.05) is 20.1 Å². The number of amides is 2. The van der Waals surface area contributed by atoms with Crippen LogP contribution in [0.4, 0.5) is 0 Å². The number of sulfonamides is 1. The van der Waals surface area contributed by atoms with E-state index in [9.17, 15) is 18.0 Å². The zero-order valence-corrected chi connectivity index (χ0v) is 18.2. The van der Waals surface area contributed by atoms with Crippen LogP contribution in [0, 0.1) is 5.92 Å². The fraction of sp³-hybridized carbons (Fsp3) is 0.333.